The molecule has 23 heavy (non-hydrogen) atoms. The molecule has 0 bridgehead atoms. The number of fused-ring (bicyclic) bond motifs is 1. The summed E-state index contributed by atoms with van der Waals surface area (Å²) in [7, 11) is 1.99. The van der Waals surface area contributed by atoms with Crippen molar-refractivity contribution in [2.45, 2.75) is 31.6 Å². The number of benzene rings is 1. The van der Waals surface area contributed by atoms with E-state index < -0.39 is 5.97 Å². The van der Waals surface area contributed by atoms with E-state index in [9.17, 15) is 9.18 Å². The summed E-state index contributed by atoms with van der Waals surface area (Å²) < 4.78 is 15.7. The highest BCUT2D eigenvalue weighted by molar-refractivity contribution is 5.66. The Balaban J connectivity index is 1.99. The monoisotopic (exact) mass is 313 g/mol. The summed E-state index contributed by atoms with van der Waals surface area (Å²) >= 11 is 0. The normalized spacial score (nSPS) is 15.0. The second-order valence-corrected chi connectivity index (χ2v) is 6.03. The number of allylic oxidation sites excluding steroid dienone is 2. The molecule has 0 fully saturated rings. The van der Waals surface area contributed by atoms with Gasteiger partial charge in [0, 0.05) is 43.6 Å². The zero-order chi connectivity index (χ0) is 16.4. The molecule has 0 spiro atoms. The van der Waals surface area contributed by atoms with Crippen LogP contribution < -0.4 is 0 Å². The van der Waals surface area contributed by atoms with Gasteiger partial charge >= 0.3 is 5.97 Å². The molecule has 0 radical (unpaired) electrons. The maximum atomic E-state index is 13.6. The minimum Gasteiger partial charge on any atom is -0.481 e. The molecule has 1 aromatic carbocycles. The molecule has 1 aromatic heterocycles. The predicted molar refractivity (Wildman–Crippen MR) is 87.2 cm³/mol. The van der Waals surface area contributed by atoms with Gasteiger partial charge < -0.3 is 9.67 Å². The summed E-state index contributed by atoms with van der Waals surface area (Å²) in [5.74, 6) is -0.875. The van der Waals surface area contributed by atoms with E-state index >= 15 is 0 Å². The van der Waals surface area contributed by atoms with Crippen molar-refractivity contribution in [1.29, 1.82) is 0 Å². The fourth-order valence-electron chi connectivity index (χ4n) is 3.39. The Labute approximate surface area is 135 Å². The van der Waals surface area contributed by atoms with Gasteiger partial charge in [-0.3, -0.25) is 4.79 Å². The second-order valence-electron chi connectivity index (χ2n) is 6.03. The molecule has 1 N–H and O–H groups in total. The Kier molecular flexibility index (Phi) is 4.33. The van der Waals surface area contributed by atoms with Crippen molar-refractivity contribution in [3.05, 3.63) is 70.8 Å². The van der Waals surface area contributed by atoms with E-state index in [0.717, 1.165) is 22.5 Å². The lowest BCUT2D eigenvalue weighted by Gasteiger charge is -2.19. The van der Waals surface area contributed by atoms with Crippen LogP contribution in [-0.2, 0) is 24.7 Å². The lowest BCUT2D eigenvalue weighted by atomic mass is 9.90. The summed E-state index contributed by atoms with van der Waals surface area (Å²) in [5.41, 5.74) is 4.29. The van der Waals surface area contributed by atoms with Crippen LogP contribution in [0.1, 0.15) is 41.3 Å². The van der Waals surface area contributed by atoms with Gasteiger partial charge in [-0.25, -0.2) is 4.39 Å². The highest BCUT2D eigenvalue weighted by Gasteiger charge is 2.23. The zero-order valence-corrected chi connectivity index (χ0v) is 13.1. The van der Waals surface area contributed by atoms with Crippen LogP contribution in [0.3, 0.4) is 0 Å². The molecule has 3 rings (SSSR count). The summed E-state index contributed by atoms with van der Waals surface area (Å²) in [6, 6.07) is 12.0. The standard InChI is InChI=1S/C19H20FNO2/c1-21-17-9-7-15(20)11-14(17)12-18(21)16(8-10-19(22)23)13-5-3-2-4-6-13/h2-7,12,16H,8-11H2,1H3,(H,22,23). The minimum atomic E-state index is -0.794. The SMILES string of the molecule is Cn1c(C(CCC(=O)O)c2ccccc2)cc2c1CC=C(F)C2. The van der Waals surface area contributed by atoms with E-state index in [4.69, 9.17) is 5.11 Å². The quantitative estimate of drug-likeness (QED) is 0.907. The van der Waals surface area contributed by atoms with Crippen molar-refractivity contribution in [1.82, 2.24) is 4.57 Å². The number of halogens is 1. The first-order chi connectivity index (χ1) is 11.1. The van der Waals surface area contributed by atoms with Crippen molar-refractivity contribution in [2.75, 3.05) is 0 Å². The van der Waals surface area contributed by atoms with Gasteiger partial charge in [-0.1, -0.05) is 30.3 Å². The lowest BCUT2D eigenvalue weighted by molar-refractivity contribution is -0.137. The first kappa shape index (κ1) is 15.5. The molecule has 0 saturated carbocycles. The van der Waals surface area contributed by atoms with Crippen molar-refractivity contribution >= 4 is 5.97 Å². The van der Waals surface area contributed by atoms with E-state index in [1.165, 1.54) is 0 Å². The van der Waals surface area contributed by atoms with Gasteiger partial charge in [0.05, 0.1) is 0 Å². The Hall–Kier alpha value is -2.36. The van der Waals surface area contributed by atoms with Gasteiger partial charge in [0.25, 0.3) is 0 Å². The van der Waals surface area contributed by atoms with Gasteiger partial charge in [0.1, 0.15) is 5.83 Å². The van der Waals surface area contributed by atoms with E-state index in [1.54, 1.807) is 6.08 Å². The number of rotatable bonds is 5. The van der Waals surface area contributed by atoms with Crippen LogP contribution in [-0.4, -0.2) is 15.6 Å². The van der Waals surface area contributed by atoms with Crippen molar-refractivity contribution in [3.8, 4) is 0 Å². The fraction of sp³-hybridized carbons (Fsp3) is 0.316. The highest BCUT2D eigenvalue weighted by atomic mass is 19.1. The summed E-state index contributed by atoms with van der Waals surface area (Å²) in [6.07, 6.45) is 3.20. The first-order valence-corrected chi connectivity index (χ1v) is 7.85. The number of hydrogen-bond acceptors (Lipinski definition) is 1. The molecule has 0 saturated heterocycles. The van der Waals surface area contributed by atoms with Crippen molar-refractivity contribution in [3.63, 3.8) is 0 Å². The van der Waals surface area contributed by atoms with Crippen LogP contribution in [0.4, 0.5) is 4.39 Å². The van der Waals surface area contributed by atoms with Gasteiger partial charge in [-0.2, -0.15) is 0 Å². The zero-order valence-electron chi connectivity index (χ0n) is 13.1. The highest BCUT2D eigenvalue weighted by Crippen LogP contribution is 2.34. The molecule has 120 valence electrons. The molecule has 4 heteroatoms. The third-order valence-corrected chi connectivity index (χ3v) is 4.57. The summed E-state index contributed by atoms with van der Waals surface area (Å²) in [5, 5.41) is 9.06. The van der Waals surface area contributed by atoms with Gasteiger partial charge in [0.15, 0.2) is 0 Å². The first-order valence-electron chi connectivity index (χ1n) is 7.85. The van der Waals surface area contributed by atoms with Gasteiger partial charge in [-0.05, 0) is 29.7 Å². The average molecular weight is 313 g/mol. The maximum absolute atomic E-state index is 13.6. The number of nitrogens with zero attached hydrogens (tertiary/aromatic N) is 1. The third-order valence-electron chi connectivity index (χ3n) is 4.57. The van der Waals surface area contributed by atoms with Crippen LogP contribution in [0.25, 0.3) is 0 Å². The largest absolute Gasteiger partial charge is 0.481 e. The van der Waals surface area contributed by atoms with Crippen LogP contribution in [0, 0.1) is 0 Å². The van der Waals surface area contributed by atoms with E-state index in [0.29, 0.717) is 19.3 Å². The Bertz CT molecular complexity index is 746. The topological polar surface area (TPSA) is 42.2 Å². The second kappa shape index (κ2) is 6.41. The fourth-order valence-corrected chi connectivity index (χ4v) is 3.39. The molecule has 1 aliphatic carbocycles. The molecule has 2 aromatic rings. The molecule has 1 unspecified atom stereocenters. The maximum Gasteiger partial charge on any atom is 0.303 e. The molecule has 1 heterocycles. The number of aliphatic carboxylic acids is 1. The van der Waals surface area contributed by atoms with Crippen LogP contribution in [0.15, 0.2) is 48.3 Å². The summed E-state index contributed by atoms with van der Waals surface area (Å²) in [6.45, 7) is 0. The third kappa shape index (κ3) is 3.21. The number of aromatic nitrogens is 1. The Morgan fingerprint density at radius 3 is 2.78 bits per heavy atom. The minimum absolute atomic E-state index is 0.00552. The van der Waals surface area contributed by atoms with E-state index in [1.807, 2.05) is 43.4 Å². The molecule has 0 aliphatic heterocycles. The molecule has 0 amide bonds. The summed E-state index contributed by atoms with van der Waals surface area (Å²) in [4.78, 5) is 11.0. The number of hydrogen-bond donors (Lipinski definition) is 1. The van der Waals surface area contributed by atoms with Crippen LogP contribution in [0.2, 0.25) is 0 Å². The molecule has 3 nitrogen and oxygen atoms in total. The Morgan fingerprint density at radius 1 is 1.35 bits per heavy atom. The number of carbonyl (C=O) groups is 1. The number of carboxylic acids is 1. The van der Waals surface area contributed by atoms with E-state index in [2.05, 4.69) is 4.57 Å². The van der Waals surface area contributed by atoms with Gasteiger partial charge in [0.2, 0.25) is 0 Å². The average Bonchev–Trinajstić information content (AvgIpc) is 2.84. The van der Waals surface area contributed by atoms with Crippen molar-refractivity contribution in [2.24, 2.45) is 7.05 Å². The smallest absolute Gasteiger partial charge is 0.303 e. The van der Waals surface area contributed by atoms with Crippen LogP contribution in [0.5, 0.6) is 0 Å². The molecular weight excluding hydrogens is 293 g/mol. The van der Waals surface area contributed by atoms with Crippen LogP contribution >= 0.6 is 0 Å². The Morgan fingerprint density at radius 2 is 2.09 bits per heavy atom. The molecular formula is C19H20FNO2. The molecule has 1 aliphatic rings. The molecule has 1 atom stereocenters. The van der Waals surface area contributed by atoms with Gasteiger partial charge in [-0.15, -0.1) is 0 Å². The number of carboxylic acid groups (broad SMARTS) is 1. The van der Waals surface area contributed by atoms with E-state index in [-0.39, 0.29) is 18.2 Å². The lowest BCUT2D eigenvalue weighted by Crippen LogP contribution is -2.11. The van der Waals surface area contributed by atoms with Crippen molar-refractivity contribution < 1.29 is 14.3 Å². The predicted octanol–water partition coefficient (Wildman–Crippen LogP) is 3.97.